The summed E-state index contributed by atoms with van der Waals surface area (Å²) in [4.78, 5) is 14.4. The molecule has 0 saturated carbocycles. The Labute approximate surface area is 114 Å². The number of nitrogens with two attached hydrogens (primary N) is 1. The number of anilines is 2. The van der Waals surface area contributed by atoms with Crippen LogP contribution in [0.4, 0.5) is 11.4 Å². The molecule has 2 N–H and O–H groups in total. The third-order valence-electron chi connectivity index (χ3n) is 3.44. The molecule has 1 aliphatic heterocycles. The summed E-state index contributed by atoms with van der Waals surface area (Å²) >= 11 is 0. The molecule has 0 aromatic heterocycles. The average molecular weight is 262 g/mol. The Hall–Kier alpha value is -1.55. The lowest BCUT2D eigenvalue weighted by Crippen LogP contribution is -2.37. The van der Waals surface area contributed by atoms with Crippen LogP contribution in [0.5, 0.6) is 0 Å². The fourth-order valence-electron chi connectivity index (χ4n) is 2.49. The van der Waals surface area contributed by atoms with E-state index in [4.69, 9.17) is 10.5 Å². The number of amides is 1. The predicted molar refractivity (Wildman–Crippen MR) is 77.0 cm³/mol. The number of rotatable bonds is 4. The van der Waals surface area contributed by atoms with Crippen LogP contribution in [0.25, 0.3) is 0 Å². The van der Waals surface area contributed by atoms with E-state index in [1.54, 1.807) is 0 Å². The zero-order chi connectivity index (χ0) is 13.8. The van der Waals surface area contributed by atoms with Crippen LogP contribution in [0.3, 0.4) is 0 Å². The van der Waals surface area contributed by atoms with Crippen LogP contribution >= 0.6 is 0 Å². The molecule has 104 valence electrons. The van der Waals surface area contributed by atoms with Crippen LogP contribution in [0.1, 0.15) is 26.7 Å². The fourth-order valence-corrected chi connectivity index (χ4v) is 2.49. The number of nitrogen functional groups attached to an aromatic ring is 1. The number of hydrogen-bond donors (Lipinski definition) is 1. The van der Waals surface area contributed by atoms with Gasteiger partial charge in [0.05, 0.1) is 18.6 Å². The van der Waals surface area contributed by atoms with Gasteiger partial charge in [-0.05, 0) is 38.0 Å². The molecule has 0 aliphatic carbocycles. The van der Waals surface area contributed by atoms with Crippen molar-refractivity contribution in [2.75, 3.05) is 23.8 Å². The summed E-state index contributed by atoms with van der Waals surface area (Å²) in [7, 11) is 0. The fraction of sp³-hybridized carbons (Fsp3) is 0.533. The second-order valence-corrected chi connectivity index (χ2v) is 5.16. The molecule has 0 radical (unpaired) electrons. The molecule has 1 aromatic carbocycles. The minimum Gasteiger partial charge on any atom is -0.399 e. The zero-order valence-corrected chi connectivity index (χ0v) is 11.6. The lowest BCUT2D eigenvalue weighted by Gasteiger charge is -2.25. The van der Waals surface area contributed by atoms with E-state index in [1.165, 1.54) is 0 Å². The van der Waals surface area contributed by atoms with Crippen molar-refractivity contribution in [3.63, 3.8) is 0 Å². The SMILES string of the molecule is CCCN(C(=O)C1COC(C)C1)c1cccc(N)c1. The van der Waals surface area contributed by atoms with E-state index < -0.39 is 0 Å². The van der Waals surface area contributed by atoms with E-state index in [0.29, 0.717) is 18.8 Å². The highest BCUT2D eigenvalue weighted by Gasteiger charge is 2.31. The van der Waals surface area contributed by atoms with Crippen molar-refractivity contribution >= 4 is 17.3 Å². The quantitative estimate of drug-likeness (QED) is 0.848. The molecule has 4 nitrogen and oxygen atoms in total. The van der Waals surface area contributed by atoms with Gasteiger partial charge in [-0.25, -0.2) is 0 Å². The second kappa shape index (κ2) is 6.06. The lowest BCUT2D eigenvalue weighted by molar-refractivity contribution is -0.122. The average Bonchev–Trinajstić information content (AvgIpc) is 2.82. The highest BCUT2D eigenvalue weighted by molar-refractivity contribution is 5.95. The Morgan fingerprint density at radius 3 is 2.89 bits per heavy atom. The lowest BCUT2D eigenvalue weighted by atomic mass is 10.0. The van der Waals surface area contributed by atoms with Crippen LogP contribution in [-0.4, -0.2) is 25.2 Å². The topological polar surface area (TPSA) is 55.6 Å². The van der Waals surface area contributed by atoms with Gasteiger partial charge in [0.15, 0.2) is 0 Å². The smallest absolute Gasteiger partial charge is 0.232 e. The van der Waals surface area contributed by atoms with Crippen LogP contribution in [0.15, 0.2) is 24.3 Å². The molecule has 1 amide bonds. The van der Waals surface area contributed by atoms with Gasteiger partial charge in [-0.2, -0.15) is 0 Å². The third kappa shape index (κ3) is 3.26. The molecular formula is C15H22N2O2. The minimum atomic E-state index is -0.0250. The Bertz CT molecular complexity index is 448. The van der Waals surface area contributed by atoms with Gasteiger partial charge in [-0.1, -0.05) is 13.0 Å². The summed E-state index contributed by atoms with van der Waals surface area (Å²) in [6.45, 7) is 5.33. The van der Waals surface area contributed by atoms with E-state index in [1.807, 2.05) is 36.1 Å². The normalized spacial score (nSPS) is 22.4. The van der Waals surface area contributed by atoms with Crippen molar-refractivity contribution in [1.82, 2.24) is 0 Å². The molecule has 1 aliphatic rings. The first-order valence-electron chi connectivity index (χ1n) is 6.90. The number of carbonyl (C=O) groups excluding carboxylic acids is 1. The molecule has 4 heteroatoms. The molecule has 1 fully saturated rings. The van der Waals surface area contributed by atoms with Crippen LogP contribution < -0.4 is 10.6 Å². The first kappa shape index (κ1) is 13.9. The molecule has 19 heavy (non-hydrogen) atoms. The van der Waals surface area contributed by atoms with Gasteiger partial charge in [0, 0.05) is 17.9 Å². The van der Waals surface area contributed by atoms with E-state index in [2.05, 4.69) is 6.92 Å². The minimum absolute atomic E-state index is 0.0250. The first-order valence-corrected chi connectivity index (χ1v) is 6.90. The standard InChI is InChI=1S/C15H22N2O2/c1-3-7-17(14-6-4-5-13(16)9-14)15(18)12-8-11(2)19-10-12/h4-6,9,11-12H,3,7-8,10,16H2,1-2H3. The van der Waals surface area contributed by atoms with Gasteiger partial charge in [-0.15, -0.1) is 0 Å². The number of ether oxygens (including phenoxy) is 1. The molecule has 2 unspecified atom stereocenters. The molecule has 1 saturated heterocycles. The summed E-state index contributed by atoms with van der Waals surface area (Å²) < 4.78 is 5.50. The number of hydrogen-bond acceptors (Lipinski definition) is 3. The molecule has 2 rings (SSSR count). The van der Waals surface area contributed by atoms with Crippen LogP contribution in [0.2, 0.25) is 0 Å². The molecule has 2 atom stereocenters. The van der Waals surface area contributed by atoms with Gasteiger partial charge in [0.25, 0.3) is 0 Å². The maximum absolute atomic E-state index is 12.6. The van der Waals surface area contributed by atoms with Crippen molar-refractivity contribution in [1.29, 1.82) is 0 Å². The van der Waals surface area contributed by atoms with Crippen LogP contribution in [0, 0.1) is 5.92 Å². The van der Waals surface area contributed by atoms with Crippen molar-refractivity contribution < 1.29 is 9.53 Å². The summed E-state index contributed by atoms with van der Waals surface area (Å²) in [5.41, 5.74) is 7.37. The third-order valence-corrected chi connectivity index (χ3v) is 3.44. The maximum atomic E-state index is 12.6. The van der Waals surface area contributed by atoms with Crippen LogP contribution in [-0.2, 0) is 9.53 Å². The monoisotopic (exact) mass is 262 g/mol. The summed E-state index contributed by atoms with van der Waals surface area (Å²) in [5, 5.41) is 0. The van der Waals surface area contributed by atoms with E-state index in [-0.39, 0.29) is 17.9 Å². The molecular weight excluding hydrogens is 240 g/mol. The molecule has 0 spiro atoms. The summed E-state index contributed by atoms with van der Waals surface area (Å²) in [5.74, 6) is 0.125. The summed E-state index contributed by atoms with van der Waals surface area (Å²) in [6.07, 6.45) is 1.91. The Morgan fingerprint density at radius 1 is 1.53 bits per heavy atom. The molecule has 1 heterocycles. The summed E-state index contributed by atoms with van der Waals surface area (Å²) in [6, 6.07) is 7.50. The van der Waals surface area contributed by atoms with Crippen molar-refractivity contribution in [3.8, 4) is 0 Å². The number of nitrogens with zero attached hydrogens (tertiary/aromatic N) is 1. The number of carbonyl (C=O) groups is 1. The highest BCUT2D eigenvalue weighted by Crippen LogP contribution is 2.25. The molecule has 1 aromatic rings. The van der Waals surface area contributed by atoms with E-state index in [9.17, 15) is 4.79 Å². The van der Waals surface area contributed by atoms with Crippen molar-refractivity contribution in [2.24, 2.45) is 5.92 Å². The van der Waals surface area contributed by atoms with E-state index >= 15 is 0 Å². The Morgan fingerprint density at radius 2 is 2.32 bits per heavy atom. The molecule has 0 bridgehead atoms. The largest absolute Gasteiger partial charge is 0.399 e. The Balaban J connectivity index is 2.17. The Kier molecular flexibility index (Phi) is 4.43. The first-order chi connectivity index (χ1) is 9.11. The maximum Gasteiger partial charge on any atom is 0.232 e. The van der Waals surface area contributed by atoms with Gasteiger partial charge < -0.3 is 15.4 Å². The van der Waals surface area contributed by atoms with Gasteiger partial charge in [-0.3, -0.25) is 4.79 Å². The van der Waals surface area contributed by atoms with Crippen molar-refractivity contribution in [2.45, 2.75) is 32.8 Å². The van der Waals surface area contributed by atoms with Gasteiger partial charge in [0.2, 0.25) is 5.91 Å². The number of benzene rings is 1. The van der Waals surface area contributed by atoms with Crippen molar-refractivity contribution in [3.05, 3.63) is 24.3 Å². The van der Waals surface area contributed by atoms with Gasteiger partial charge >= 0.3 is 0 Å². The van der Waals surface area contributed by atoms with Gasteiger partial charge in [0.1, 0.15) is 0 Å². The predicted octanol–water partition coefficient (Wildman–Crippen LogP) is 2.44. The highest BCUT2D eigenvalue weighted by atomic mass is 16.5. The second-order valence-electron chi connectivity index (χ2n) is 5.16. The van der Waals surface area contributed by atoms with E-state index in [0.717, 1.165) is 18.5 Å². The zero-order valence-electron chi connectivity index (χ0n) is 11.6.